The quantitative estimate of drug-likeness (QED) is 0.0867. The first-order chi connectivity index (χ1) is 25.8. The van der Waals surface area contributed by atoms with Crippen LogP contribution in [0.1, 0.15) is 93.6 Å². The number of rotatable bonds is 16. The second-order valence-corrected chi connectivity index (χ2v) is 16.0. The number of hydrogen-bond acceptors (Lipinski definition) is 9. The normalized spacial score (nSPS) is 15.0. The van der Waals surface area contributed by atoms with Crippen LogP contribution in [0.15, 0.2) is 28.7 Å². The molecule has 1 fully saturated rings. The van der Waals surface area contributed by atoms with Crippen LogP contribution in [0.2, 0.25) is 5.02 Å². The van der Waals surface area contributed by atoms with Gasteiger partial charge in [0, 0.05) is 63.7 Å². The lowest BCUT2D eigenvalue weighted by molar-refractivity contribution is -0.125. The largest absolute Gasteiger partial charge is 0.444 e. The van der Waals surface area contributed by atoms with Crippen molar-refractivity contribution in [1.29, 1.82) is 0 Å². The molecule has 1 aromatic heterocycles. The molecular formula is C39H50BrClFN7O5. The van der Waals surface area contributed by atoms with Gasteiger partial charge >= 0.3 is 6.09 Å². The first-order valence-corrected chi connectivity index (χ1v) is 19.9. The number of likely N-dealkylation sites (N-methyl/N-ethyl adjacent to an activating group) is 1. The van der Waals surface area contributed by atoms with Gasteiger partial charge in [-0.05, 0) is 85.6 Å². The standard InChI is InChI=1S/C39H50BrClFN7O5/c1-39(2,3)54-38(53)48-20-18-47(19-21-48)34-27-23-29(41)31(40)32(42)33(27)45-37(46-34)44-17-10-8-6-5-7-9-13-25-14-11-15-26-28(25)24-49(36(26)52)30(16-12-22-50)35(51)43-4/h11,14-15,22-23,30H,5-10,12-13,16-21,24H2,1-4H3,(H,43,51)(H,44,45,46). The molecule has 12 nitrogen and oxygen atoms in total. The van der Waals surface area contributed by atoms with Crippen molar-refractivity contribution < 1.29 is 28.3 Å². The number of aryl methyl sites for hydroxylation is 1. The summed E-state index contributed by atoms with van der Waals surface area (Å²) in [7, 11) is 1.54. The second-order valence-electron chi connectivity index (χ2n) is 14.8. The number of nitrogens with zero attached hydrogens (tertiary/aromatic N) is 5. The third kappa shape index (κ3) is 9.98. The van der Waals surface area contributed by atoms with Gasteiger partial charge in [0.2, 0.25) is 11.9 Å². The Morgan fingerprint density at radius 3 is 2.46 bits per heavy atom. The Balaban J connectivity index is 1.10. The van der Waals surface area contributed by atoms with Gasteiger partial charge in [-0.1, -0.05) is 49.4 Å². The molecule has 0 saturated carbocycles. The summed E-state index contributed by atoms with van der Waals surface area (Å²) >= 11 is 9.60. The van der Waals surface area contributed by atoms with Crippen LogP contribution in [-0.4, -0.2) is 95.4 Å². The number of unbranched alkanes of at least 4 members (excludes halogenated alkanes) is 5. The lowest BCUT2D eigenvalue weighted by Gasteiger charge is -2.36. The second kappa shape index (κ2) is 18.5. The van der Waals surface area contributed by atoms with E-state index in [2.05, 4.69) is 37.6 Å². The molecule has 3 heterocycles. The van der Waals surface area contributed by atoms with Crippen LogP contribution >= 0.6 is 27.5 Å². The molecule has 2 aliphatic heterocycles. The van der Waals surface area contributed by atoms with Crippen molar-refractivity contribution in [3.8, 4) is 0 Å². The van der Waals surface area contributed by atoms with Crippen molar-refractivity contribution in [2.24, 2.45) is 0 Å². The third-order valence-electron chi connectivity index (χ3n) is 9.77. The average molecular weight is 831 g/mol. The number of ether oxygens (including phenoxy) is 1. The van der Waals surface area contributed by atoms with Gasteiger partial charge in [-0.15, -0.1) is 0 Å². The minimum absolute atomic E-state index is 0.148. The zero-order chi connectivity index (χ0) is 39.0. The maximum atomic E-state index is 15.4. The molecule has 54 heavy (non-hydrogen) atoms. The van der Waals surface area contributed by atoms with Crippen LogP contribution in [-0.2, 0) is 27.3 Å². The Labute approximate surface area is 329 Å². The van der Waals surface area contributed by atoms with Gasteiger partial charge in [-0.3, -0.25) is 9.59 Å². The monoisotopic (exact) mass is 829 g/mol. The number of halogens is 3. The molecule has 1 atom stereocenters. The van der Waals surface area contributed by atoms with E-state index in [1.54, 1.807) is 22.9 Å². The van der Waals surface area contributed by atoms with Crippen LogP contribution < -0.4 is 15.5 Å². The third-order valence-corrected chi connectivity index (χ3v) is 11.1. The van der Waals surface area contributed by atoms with Crippen LogP contribution in [0.5, 0.6) is 0 Å². The summed E-state index contributed by atoms with van der Waals surface area (Å²) < 4.78 is 21.1. The fourth-order valence-electron chi connectivity index (χ4n) is 6.98. The molecule has 0 spiro atoms. The highest BCUT2D eigenvalue weighted by Gasteiger charge is 2.36. The van der Waals surface area contributed by atoms with Crippen LogP contribution in [0.3, 0.4) is 0 Å². The predicted octanol–water partition coefficient (Wildman–Crippen LogP) is 7.29. The maximum absolute atomic E-state index is 15.4. The molecular weight excluding hydrogens is 781 g/mol. The molecule has 2 N–H and O–H groups in total. The number of carbonyl (C=O) groups is 4. The molecule has 0 aliphatic carbocycles. The number of amides is 3. The lowest BCUT2D eigenvalue weighted by Crippen LogP contribution is -2.50. The topological polar surface area (TPSA) is 137 Å². The molecule has 2 aromatic carbocycles. The number of aldehydes is 1. The van der Waals surface area contributed by atoms with Crippen molar-refractivity contribution >= 4 is 74.4 Å². The van der Waals surface area contributed by atoms with E-state index in [-0.39, 0.29) is 39.3 Å². The Morgan fingerprint density at radius 1 is 1.07 bits per heavy atom. The Hall–Kier alpha value is -4.04. The van der Waals surface area contributed by atoms with Crippen molar-refractivity contribution in [2.75, 3.05) is 50.0 Å². The Bertz CT molecular complexity index is 1850. The zero-order valence-electron chi connectivity index (χ0n) is 31.5. The molecule has 0 bridgehead atoms. The van der Waals surface area contributed by atoms with Gasteiger partial charge < -0.3 is 34.9 Å². The number of nitrogens with one attached hydrogen (secondary N) is 2. The highest BCUT2D eigenvalue weighted by molar-refractivity contribution is 9.10. The Morgan fingerprint density at radius 2 is 1.78 bits per heavy atom. The van der Waals surface area contributed by atoms with Crippen molar-refractivity contribution in [3.63, 3.8) is 0 Å². The number of benzene rings is 2. The fraction of sp³-hybridized carbons (Fsp3) is 0.538. The molecule has 1 unspecified atom stereocenters. The smallest absolute Gasteiger partial charge is 0.410 e. The van der Waals surface area contributed by atoms with E-state index in [0.29, 0.717) is 68.4 Å². The number of aromatic nitrogens is 2. The van der Waals surface area contributed by atoms with E-state index >= 15 is 4.39 Å². The lowest BCUT2D eigenvalue weighted by atomic mass is 9.98. The molecule has 3 aromatic rings. The summed E-state index contributed by atoms with van der Waals surface area (Å²) in [5, 5.41) is 6.65. The predicted molar refractivity (Wildman–Crippen MR) is 212 cm³/mol. The van der Waals surface area contributed by atoms with Gasteiger partial charge in [-0.25, -0.2) is 14.2 Å². The summed E-state index contributed by atoms with van der Waals surface area (Å²) in [6.07, 6.45) is 7.81. The van der Waals surface area contributed by atoms with E-state index in [9.17, 15) is 19.2 Å². The van der Waals surface area contributed by atoms with Crippen LogP contribution in [0, 0.1) is 5.82 Å². The van der Waals surface area contributed by atoms with Crippen LogP contribution in [0.25, 0.3) is 10.9 Å². The summed E-state index contributed by atoms with van der Waals surface area (Å²) in [4.78, 5) is 64.0. The van der Waals surface area contributed by atoms with Crippen molar-refractivity contribution in [1.82, 2.24) is 25.1 Å². The molecule has 2 aliphatic rings. The minimum Gasteiger partial charge on any atom is -0.444 e. The molecule has 292 valence electrons. The van der Waals surface area contributed by atoms with E-state index in [0.717, 1.165) is 62.4 Å². The first-order valence-electron chi connectivity index (χ1n) is 18.7. The summed E-state index contributed by atoms with van der Waals surface area (Å²) in [5.41, 5.74) is 2.33. The Kier molecular flexibility index (Phi) is 14.1. The summed E-state index contributed by atoms with van der Waals surface area (Å²) in [6.45, 7) is 8.36. The molecule has 15 heteroatoms. The first kappa shape index (κ1) is 41.1. The molecule has 5 rings (SSSR count). The maximum Gasteiger partial charge on any atom is 0.410 e. The fourth-order valence-corrected chi connectivity index (χ4v) is 7.47. The summed E-state index contributed by atoms with van der Waals surface area (Å²) in [6, 6.07) is 6.78. The minimum atomic E-state index is -0.673. The average Bonchev–Trinajstić information content (AvgIpc) is 3.48. The van der Waals surface area contributed by atoms with E-state index in [1.807, 2.05) is 37.8 Å². The van der Waals surface area contributed by atoms with E-state index in [4.69, 9.17) is 21.3 Å². The molecule has 0 radical (unpaired) electrons. The van der Waals surface area contributed by atoms with Crippen LogP contribution in [0.4, 0.5) is 21.0 Å². The SMILES string of the molecule is CNC(=O)C(CCC=O)N1Cc2c(CCCCCCCCNc3nc(N4CCN(C(=O)OC(C)(C)C)CC4)c4cc(Cl)c(Br)c(F)c4n3)cccc2C1=O. The summed E-state index contributed by atoms with van der Waals surface area (Å²) in [5.74, 6) is -0.0822. The van der Waals surface area contributed by atoms with Gasteiger partial charge in [0.25, 0.3) is 5.91 Å². The number of fused-ring (bicyclic) bond motifs is 2. The van der Waals surface area contributed by atoms with E-state index < -0.39 is 17.5 Å². The number of piperazine rings is 1. The van der Waals surface area contributed by atoms with Crippen molar-refractivity contribution in [2.45, 2.75) is 96.7 Å². The zero-order valence-corrected chi connectivity index (χ0v) is 33.8. The van der Waals surface area contributed by atoms with Crippen molar-refractivity contribution in [3.05, 3.63) is 56.3 Å². The van der Waals surface area contributed by atoms with Gasteiger partial charge in [0.1, 0.15) is 29.3 Å². The number of hydrogen-bond donors (Lipinski definition) is 2. The highest BCUT2D eigenvalue weighted by atomic mass is 79.9. The molecule has 1 saturated heterocycles. The highest BCUT2D eigenvalue weighted by Crippen LogP contribution is 2.36. The molecule has 3 amide bonds. The number of carbonyl (C=O) groups excluding carboxylic acids is 4. The number of anilines is 2. The van der Waals surface area contributed by atoms with E-state index in [1.165, 1.54) is 0 Å². The van der Waals surface area contributed by atoms with Gasteiger partial charge in [0.05, 0.1) is 9.50 Å². The van der Waals surface area contributed by atoms with Gasteiger partial charge in [0.15, 0.2) is 5.82 Å². The van der Waals surface area contributed by atoms with Gasteiger partial charge in [-0.2, -0.15) is 4.98 Å².